The maximum absolute atomic E-state index is 9.23. The number of benzene rings is 1. The SMILES string of the molecule is CCN(CCO)c1ncnc(N2CCN(c3ccccc3)CC2)c1N. The van der Waals surface area contributed by atoms with E-state index in [-0.39, 0.29) is 6.61 Å². The van der Waals surface area contributed by atoms with E-state index < -0.39 is 0 Å². The zero-order valence-corrected chi connectivity index (χ0v) is 14.7. The molecule has 0 spiro atoms. The summed E-state index contributed by atoms with van der Waals surface area (Å²) in [6.45, 7) is 6.93. The van der Waals surface area contributed by atoms with Crippen LogP contribution in [0, 0.1) is 0 Å². The molecule has 3 rings (SSSR count). The van der Waals surface area contributed by atoms with Gasteiger partial charge in [0.2, 0.25) is 0 Å². The number of aliphatic hydroxyl groups excluding tert-OH is 1. The minimum Gasteiger partial charge on any atom is -0.395 e. The van der Waals surface area contributed by atoms with E-state index in [0.29, 0.717) is 18.1 Å². The molecule has 1 aromatic heterocycles. The number of nitrogen functional groups attached to an aromatic ring is 1. The van der Waals surface area contributed by atoms with Crippen LogP contribution in [-0.2, 0) is 0 Å². The largest absolute Gasteiger partial charge is 0.395 e. The lowest BCUT2D eigenvalue weighted by molar-refractivity contribution is 0.302. The maximum atomic E-state index is 9.23. The van der Waals surface area contributed by atoms with Crippen LogP contribution in [0.1, 0.15) is 6.92 Å². The fraction of sp³-hybridized carbons (Fsp3) is 0.444. The molecule has 0 aliphatic carbocycles. The lowest BCUT2D eigenvalue weighted by Crippen LogP contribution is -2.47. The molecule has 1 saturated heterocycles. The summed E-state index contributed by atoms with van der Waals surface area (Å²) in [6.07, 6.45) is 1.56. The van der Waals surface area contributed by atoms with E-state index in [0.717, 1.165) is 38.5 Å². The molecule has 1 fully saturated rings. The molecule has 1 aromatic carbocycles. The Kier molecular flexibility index (Phi) is 5.55. The average molecular weight is 342 g/mol. The molecule has 0 saturated carbocycles. The first kappa shape index (κ1) is 17.3. The highest BCUT2D eigenvalue weighted by molar-refractivity contribution is 5.76. The standard InChI is InChI=1S/C18H26N6O/c1-2-22(12-13-25)17-16(19)18(21-14-20-17)24-10-8-23(9-11-24)15-6-4-3-5-7-15/h3-7,14,25H,2,8-13,19H2,1H3. The van der Waals surface area contributed by atoms with Crippen LogP contribution in [-0.4, -0.2) is 60.9 Å². The first-order valence-electron chi connectivity index (χ1n) is 8.75. The molecule has 0 unspecified atom stereocenters. The van der Waals surface area contributed by atoms with E-state index in [1.807, 2.05) is 17.9 Å². The van der Waals surface area contributed by atoms with Crippen LogP contribution in [0.4, 0.5) is 23.0 Å². The van der Waals surface area contributed by atoms with Crippen molar-refractivity contribution in [2.45, 2.75) is 6.92 Å². The normalized spacial score (nSPS) is 14.6. The molecular weight excluding hydrogens is 316 g/mol. The molecule has 1 aliphatic heterocycles. The topological polar surface area (TPSA) is 81.8 Å². The Hall–Kier alpha value is -2.54. The number of nitrogens with zero attached hydrogens (tertiary/aromatic N) is 5. The zero-order valence-electron chi connectivity index (χ0n) is 14.7. The fourth-order valence-corrected chi connectivity index (χ4v) is 3.23. The molecule has 7 nitrogen and oxygen atoms in total. The van der Waals surface area contributed by atoms with Crippen molar-refractivity contribution in [3.8, 4) is 0 Å². The number of anilines is 4. The van der Waals surface area contributed by atoms with Crippen molar-refractivity contribution < 1.29 is 5.11 Å². The number of nitrogens with two attached hydrogens (primary N) is 1. The summed E-state index contributed by atoms with van der Waals surface area (Å²) in [6, 6.07) is 10.4. The molecule has 3 N–H and O–H groups in total. The van der Waals surface area contributed by atoms with Crippen LogP contribution in [0.25, 0.3) is 0 Å². The van der Waals surface area contributed by atoms with Gasteiger partial charge in [-0.3, -0.25) is 0 Å². The molecule has 1 aliphatic rings. The van der Waals surface area contributed by atoms with Crippen LogP contribution in [0.15, 0.2) is 36.7 Å². The Morgan fingerprint density at radius 1 is 1.08 bits per heavy atom. The van der Waals surface area contributed by atoms with Crippen molar-refractivity contribution in [2.24, 2.45) is 0 Å². The summed E-state index contributed by atoms with van der Waals surface area (Å²) >= 11 is 0. The van der Waals surface area contributed by atoms with E-state index in [4.69, 9.17) is 5.73 Å². The summed E-state index contributed by atoms with van der Waals surface area (Å²) < 4.78 is 0. The number of para-hydroxylation sites is 1. The van der Waals surface area contributed by atoms with E-state index in [2.05, 4.69) is 44.0 Å². The van der Waals surface area contributed by atoms with Gasteiger partial charge in [0.15, 0.2) is 11.6 Å². The van der Waals surface area contributed by atoms with Gasteiger partial charge in [-0.2, -0.15) is 0 Å². The Morgan fingerprint density at radius 3 is 2.40 bits per heavy atom. The molecule has 2 aromatic rings. The lowest BCUT2D eigenvalue weighted by Gasteiger charge is -2.37. The zero-order chi connectivity index (χ0) is 17.6. The fourth-order valence-electron chi connectivity index (χ4n) is 3.23. The summed E-state index contributed by atoms with van der Waals surface area (Å²) in [5.74, 6) is 1.49. The van der Waals surface area contributed by atoms with E-state index in [9.17, 15) is 5.11 Å². The van der Waals surface area contributed by atoms with Crippen LogP contribution in [0.2, 0.25) is 0 Å². The predicted octanol–water partition coefficient (Wildman–Crippen LogP) is 1.20. The van der Waals surface area contributed by atoms with Gasteiger partial charge in [0.1, 0.15) is 12.0 Å². The second-order valence-corrected chi connectivity index (χ2v) is 6.05. The highest BCUT2D eigenvalue weighted by Crippen LogP contribution is 2.29. The number of hydrogen-bond donors (Lipinski definition) is 2. The van der Waals surface area contributed by atoms with E-state index in [1.165, 1.54) is 5.69 Å². The van der Waals surface area contributed by atoms with Gasteiger partial charge >= 0.3 is 0 Å². The molecule has 134 valence electrons. The molecule has 25 heavy (non-hydrogen) atoms. The Balaban J connectivity index is 1.73. The van der Waals surface area contributed by atoms with Gasteiger partial charge in [0.25, 0.3) is 0 Å². The highest BCUT2D eigenvalue weighted by Gasteiger charge is 2.22. The van der Waals surface area contributed by atoms with E-state index >= 15 is 0 Å². The minimum absolute atomic E-state index is 0.0718. The molecule has 0 atom stereocenters. The third kappa shape index (κ3) is 3.76. The third-order valence-electron chi connectivity index (χ3n) is 4.59. The van der Waals surface area contributed by atoms with Crippen LogP contribution in [0.5, 0.6) is 0 Å². The number of aromatic nitrogens is 2. The van der Waals surface area contributed by atoms with Gasteiger partial charge in [-0.15, -0.1) is 0 Å². The molecular formula is C18H26N6O. The Labute approximate surface area is 148 Å². The van der Waals surface area contributed by atoms with E-state index in [1.54, 1.807) is 6.33 Å². The van der Waals surface area contributed by atoms with Crippen molar-refractivity contribution in [3.63, 3.8) is 0 Å². The first-order chi connectivity index (χ1) is 12.2. The van der Waals surface area contributed by atoms with Gasteiger partial charge in [-0.1, -0.05) is 18.2 Å². The number of piperazine rings is 1. The van der Waals surface area contributed by atoms with Gasteiger partial charge in [-0.25, -0.2) is 9.97 Å². The first-order valence-corrected chi connectivity index (χ1v) is 8.75. The number of hydrogen-bond acceptors (Lipinski definition) is 7. The third-order valence-corrected chi connectivity index (χ3v) is 4.59. The van der Waals surface area contributed by atoms with Crippen LogP contribution in [0.3, 0.4) is 0 Å². The van der Waals surface area contributed by atoms with Crippen molar-refractivity contribution in [1.29, 1.82) is 0 Å². The maximum Gasteiger partial charge on any atom is 0.157 e. The Bertz CT molecular complexity index is 673. The molecule has 0 radical (unpaired) electrons. The van der Waals surface area contributed by atoms with Gasteiger partial charge in [0, 0.05) is 45.0 Å². The summed E-state index contributed by atoms with van der Waals surface area (Å²) in [5.41, 5.74) is 8.20. The smallest absolute Gasteiger partial charge is 0.157 e. The monoisotopic (exact) mass is 342 g/mol. The summed E-state index contributed by atoms with van der Waals surface area (Å²) in [7, 11) is 0. The van der Waals surface area contributed by atoms with Crippen LogP contribution >= 0.6 is 0 Å². The Morgan fingerprint density at radius 2 is 1.76 bits per heavy atom. The molecule has 7 heteroatoms. The van der Waals surface area contributed by atoms with Crippen molar-refractivity contribution in [2.75, 3.05) is 66.3 Å². The van der Waals surface area contributed by atoms with Crippen molar-refractivity contribution in [3.05, 3.63) is 36.7 Å². The van der Waals surface area contributed by atoms with Crippen LogP contribution < -0.4 is 20.4 Å². The van der Waals surface area contributed by atoms with Crippen molar-refractivity contribution >= 4 is 23.0 Å². The predicted molar refractivity (Wildman–Crippen MR) is 102 cm³/mol. The molecule has 0 amide bonds. The van der Waals surface area contributed by atoms with Gasteiger partial charge < -0.3 is 25.5 Å². The lowest BCUT2D eigenvalue weighted by atomic mass is 10.2. The highest BCUT2D eigenvalue weighted by atomic mass is 16.3. The second kappa shape index (κ2) is 8.02. The molecule has 2 heterocycles. The number of rotatable bonds is 6. The minimum atomic E-state index is 0.0718. The van der Waals surface area contributed by atoms with Gasteiger partial charge in [-0.05, 0) is 19.1 Å². The summed E-state index contributed by atoms with van der Waals surface area (Å²) in [5, 5.41) is 9.23. The summed E-state index contributed by atoms with van der Waals surface area (Å²) in [4.78, 5) is 15.3. The molecule has 0 bridgehead atoms. The number of aliphatic hydroxyl groups is 1. The van der Waals surface area contributed by atoms with Crippen molar-refractivity contribution in [1.82, 2.24) is 9.97 Å². The average Bonchev–Trinajstić information content (AvgIpc) is 2.67. The number of likely N-dealkylation sites (N-methyl/N-ethyl adjacent to an activating group) is 1. The quantitative estimate of drug-likeness (QED) is 0.816. The van der Waals surface area contributed by atoms with Gasteiger partial charge in [0.05, 0.1) is 6.61 Å². The second-order valence-electron chi connectivity index (χ2n) is 6.05.